The lowest BCUT2D eigenvalue weighted by molar-refractivity contribution is 0.0946. The fourth-order valence-electron chi connectivity index (χ4n) is 2.98. The van der Waals surface area contributed by atoms with E-state index in [4.69, 9.17) is 4.42 Å². The van der Waals surface area contributed by atoms with Crippen molar-refractivity contribution in [3.8, 4) is 0 Å². The summed E-state index contributed by atoms with van der Waals surface area (Å²) < 4.78 is 10.7. The highest BCUT2D eigenvalue weighted by atomic mass is 32.1. The Balaban J connectivity index is 1.50. The first-order chi connectivity index (χ1) is 14.0. The molecule has 6 nitrogen and oxygen atoms in total. The standard InChI is InChI=1S/C22H19N3O3S/c1-13-7-9-15(21(26)23-12-16-10-8-14(2)28-16)11-18(13)24-22(27)20-17-5-3-4-6-19(17)29-25-20/h3-11H,12H2,1-2H3,(H,23,26)(H,24,27). The normalized spacial score (nSPS) is 10.8. The summed E-state index contributed by atoms with van der Waals surface area (Å²) in [4.78, 5) is 25.3. The van der Waals surface area contributed by atoms with E-state index >= 15 is 0 Å². The number of furan rings is 1. The molecule has 2 N–H and O–H groups in total. The van der Waals surface area contributed by atoms with Crippen LogP contribution in [0.4, 0.5) is 5.69 Å². The third-order valence-electron chi connectivity index (χ3n) is 4.56. The van der Waals surface area contributed by atoms with Crippen LogP contribution in [0, 0.1) is 13.8 Å². The summed E-state index contributed by atoms with van der Waals surface area (Å²) in [6.07, 6.45) is 0. The maximum Gasteiger partial charge on any atom is 0.276 e. The molecule has 0 aliphatic carbocycles. The largest absolute Gasteiger partial charge is 0.465 e. The van der Waals surface area contributed by atoms with Crippen LogP contribution < -0.4 is 10.6 Å². The van der Waals surface area contributed by atoms with Gasteiger partial charge in [-0.1, -0.05) is 24.3 Å². The van der Waals surface area contributed by atoms with Crippen molar-refractivity contribution in [1.29, 1.82) is 0 Å². The average molecular weight is 405 g/mol. The first-order valence-electron chi connectivity index (χ1n) is 9.11. The minimum atomic E-state index is -0.297. The molecule has 29 heavy (non-hydrogen) atoms. The van der Waals surface area contributed by atoms with Crippen LogP contribution in [0.25, 0.3) is 10.1 Å². The second kappa shape index (κ2) is 7.89. The van der Waals surface area contributed by atoms with Gasteiger partial charge in [0.1, 0.15) is 17.2 Å². The monoisotopic (exact) mass is 405 g/mol. The summed E-state index contributed by atoms with van der Waals surface area (Å²) in [6, 6.07) is 16.5. The zero-order valence-corrected chi connectivity index (χ0v) is 16.8. The smallest absolute Gasteiger partial charge is 0.276 e. The van der Waals surface area contributed by atoms with Gasteiger partial charge in [0.2, 0.25) is 0 Å². The van der Waals surface area contributed by atoms with E-state index in [1.54, 1.807) is 18.2 Å². The van der Waals surface area contributed by atoms with Crippen LogP contribution in [0.1, 0.15) is 37.9 Å². The molecule has 0 spiro atoms. The van der Waals surface area contributed by atoms with Crippen LogP contribution in [-0.4, -0.2) is 16.2 Å². The van der Waals surface area contributed by atoms with Crippen molar-refractivity contribution in [2.75, 3.05) is 5.32 Å². The van der Waals surface area contributed by atoms with Gasteiger partial charge < -0.3 is 15.1 Å². The second-order valence-corrected chi connectivity index (χ2v) is 7.51. The Hall–Kier alpha value is -3.45. The second-order valence-electron chi connectivity index (χ2n) is 6.71. The summed E-state index contributed by atoms with van der Waals surface area (Å²) in [7, 11) is 0. The van der Waals surface area contributed by atoms with Crippen molar-refractivity contribution < 1.29 is 14.0 Å². The number of rotatable bonds is 5. The molecular weight excluding hydrogens is 386 g/mol. The molecule has 0 atom stereocenters. The molecule has 7 heteroatoms. The van der Waals surface area contributed by atoms with Gasteiger partial charge in [0, 0.05) is 16.6 Å². The highest BCUT2D eigenvalue weighted by molar-refractivity contribution is 7.13. The number of anilines is 1. The van der Waals surface area contributed by atoms with Gasteiger partial charge in [-0.3, -0.25) is 9.59 Å². The molecule has 0 saturated heterocycles. The highest BCUT2D eigenvalue weighted by Gasteiger charge is 2.16. The number of benzene rings is 2. The van der Waals surface area contributed by atoms with Gasteiger partial charge in [-0.15, -0.1) is 0 Å². The van der Waals surface area contributed by atoms with Crippen LogP contribution in [0.2, 0.25) is 0 Å². The predicted molar refractivity (Wildman–Crippen MR) is 113 cm³/mol. The summed E-state index contributed by atoms with van der Waals surface area (Å²) in [5.74, 6) is 0.943. The molecule has 0 radical (unpaired) electrons. The first-order valence-corrected chi connectivity index (χ1v) is 9.88. The fraction of sp³-hybridized carbons (Fsp3) is 0.136. The Labute approximate surface area is 171 Å². The predicted octanol–water partition coefficient (Wildman–Crippen LogP) is 4.69. The van der Waals surface area contributed by atoms with E-state index in [1.165, 1.54) is 11.5 Å². The van der Waals surface area contributed by atoms with Gasteiger partial charge in [-0.25, -0.2) is 0 Å². The molecule has 2 heterocycles. The molecule has 2 aromatic carbocycles. The van der Waals surface area contributed by atoms with Gasteiger partial charge in [0.25, 0.3) is 11.8 Å². The van der Waals surface area contributed by atoms with E-state index in [9.17, 15) is 9.59 Å². The Morgan fingerprint density at radius 2 is 1.86 bits per heavy atom. The van der Waals surface area contributed by atoms with Crippen molar-refractivity contribution in [1.82, 2.24) is 9.69 Å². The van der Waals surface area contributed by atoms with Crippen molar-refractivity contribution >= 4 is 39.1 Å². The van der Waals surface area contributed by atoms with Crippen molar-refractivity contribution in [2.24, 2.45) is 0 Å². The average Bonchev–Trinajstić information content (AvgIpc) is 3.33. The lowest BCUT2D eigenvalue weighted by atomic mass is 10.1. The van der Waals surface area contributed by atoms with Gasteiger partial charge in [0.15, 0.2) is 0 Å². The van der Waals surface area contributed by atoms with E-state index in [-0.39, 0.29) is 11.8 Å². The zero-order chi connectivity index (χ0) is 20.4. The van der Waals surface area contributed by atoms with E-state index < -0.39 is 0 Å². The molecule has 2 amide bonds. The topological polar surface area (TPSA) is 84.2 Å². The molecule has 0 aliphatic heterocycles. The SMILES string of the molecule is Cc1ccc(CNC(=O)c2ccc(C)c(NC(=O)c3nsc4ccccc34)c2)o1. The van der Waals surface area contributed by atoms with E-state index in [0.29, 0.717) is 29.2 Å². The summed E-state index contributed by atoms with van der Waals surface area (Å²) >= 11 is 1.29. The van der Waals surface area contributed by atoms with E-state index in [0.717, 1.165) is 21.4 Å². The number of nitrogens with one attached hydrogen (secondary N) is 2. The molecule has 146 valence electrons. The third-order valence-corrected chi connectivity index (χ3v) is 5.39. The summed E-state index contributed by atoms with van der Waals surface area (Å²) in [5.41, 5.74) is 2.27. The zero-order valence-electron chi connectivity index (χ0n) is 16.0. The van der Waals surface area contributed by atoms with Gasteiger partial charge in [0.05, 0.1) is 11.2 Å². The fourth-order valence-corrected chi connectivity index (χ4v) is 3.75. The lowest BCUT2D eigenvalue weighted by Crippen LogP contribution is -2.23. The Morgan fingerprint density at radius 1 is 1.03 bits per heavy atom. The number of hydrogen-bond acceptors (Lipinski definition) is 5. The lowest BCUT2D eigenvalue weighted by Gasteiger charge is -2.10. The minimum absolute atomic E-state index is 0.242. The van der Waals surface area contributed by atoms with Crippen LogP contribution in [-0.2, 0) is 6.54 Å². The number of carbonyl (C=O) groups is 2. The third kappa shape index (κ3) is 4.05. The van der Waals surface area contributed by atoms with E-state index in [1.807, 2.05) is 50.2 Å². The van der Waals surface area contributed by atoms with E-state index in [2.05, 4.69) is 15.0 Å². The number of hydrogen-bond donors (Lipinski definition) is 2. The Bertz CT molecular complexity index is 1210. The highest BCUT2D eigenvalue weighted by Crippen LogP contribution is 2.24. The van der Waals surface area contributed by atoms with Crippen molar-refractivity contribution in [3.05, 3.63) is 82.9 Å². The van der Waals surface area contributed by atoms with Crippen LogP contribution >= 0.6 is 11.5 Å². The maximum atomic E-state index is 12.8. The summed E-state index contributed by atoms with van der Waals surface area (Å²) in [5, 5.41) is 6.52. The molecule has 0 fully saturated rings. The molecule has 4 aromatic rings. The van der Waals surface area contributed by atoms with Crippen LogP contribution in [0.15, 0.2) is 59.0 Å². The van der Waals surface area contributed by atoms with Crippen LogP contribution in [0.3, 0.4) is 0 Å². The number of amides is 2. The van der Waals surface area contributed by atoms with Crippen LogP contribution in [0.5, 0.6) is 0 Å². The van der Waals surface area contributed by atoms with Gasteiger partial charge in [-0.2, -0.15) is 4.37 Å². The molecule has 2 aromatic heterocycles. The molecule has 4 rings (SSSR count). The summed E-state index contributed by atoms with van der Waals surface area (Å²) in [6.45, 7) is 4.03. The molecule has 0 unspecified atom stereocenters. The Kier molecular flexibility index (Phi) is 5.14. The number of nitrogens with zero attached hydrogens (tertiary/aromatic N) is 1. The molecule has 0 aliphatic rings. The van der Waals surface area contributed by atoms with Gasteiger partial charge >= 0.3 is 0 Å². The molecule has 0 bridgehead atoms. The number of carbonyl (C=O) groups excluding carboxylic acids is 2. The first kappa shape index (κ1) is 18.9. The number of aromatic nitrogens is 1. The molecular formula is C22H19N3O3S. The number of fused-ring (bicyclic) bond motifs is 1. The minimum Gasteiger partial charge on any atom is -0.465 e. The van der Waals surface area contributed by atoms with Crippen molar-refractivity contribution in [3.63, 3.8) is 0 Å². The van der Waals surface area contributed by atoms with Gasteiger partial charge in [-0.05, 0) is 61.3 Å². The number of aryl methyl sites for hydroxylation is 2. The quantitative estimate of drug-likeness (QED) is 0.505. The van der Waals surface area contributed by atoms with Crippen molar-refractivity contribution in [2.45, 2.75) is 20.4 Å². The maximum absolute atomic E-state index is 12.8. The Morgan fingerprint density at radius 3 is 2.66 bits per heavy atom. The molecule has 0 saturated carbocycles.